The molecule has 3 heteroatoms. The Balaban J connectivity index is 2.56. The summed E-state index contributed by atoms with van der Waals surface area (Å²) in [5.41, 5.74) is 0. The van der Waals surface area contributed by atoms with Gasteiger partial charge in [-0.25, -0.2) is 0 Å². The molecule has 1 aliphatic carbocycles. The second-order valence-corrected chi connectivity index (χ2v) is 3.17. The molecule has 0 aromatic rings. The smallest absolute Gasteiger partial charge is 0.323 e. The zero-order chi connectivity index (χ0) is 8.97. The standard InChI is InChI=1S/C9H13NO2/c1-12-9(11)8(6-10)7-4-2-3-5-7/h7-8H,2-5H2,1H3. The van der Waals surface area contributed by atoms with Gasteiger partial charge in [-0.1, -0.05) is 12.8 Å². The van der Waals surface area contributed by atoms with Crippen molar-refractivity contribution in [2.45, 2.75) is 25.7 Å². The number of hydrogen-bond donors (Lipinski definition) is 0. The van der Waals surface area contributed by atoms with Crippen LogP contribution in [0.3, 0.4) is 0 Å². The van der Waals surface area contributed by atoms with Crippen LogP contribution in [0.25, 0.3) is 0 Å². The van der Waals surface area contributed by atoms with Crippen LogP contribution in [-0.2, 0) is 9.53 Å². The van der Waals surface area contributed by atoms with Crippen molar-refractivity contribution in [3.8, 4) is 6.07 Å². The lowest BCUT2D eigenvalue weighted by molar-refractivity contribution is -0.145. The summed E-state index contributed by atoms with van der Waals surface area (Å²) >= 11 is 0. The molecule has 0 heterocycles. The molecular formula is C9H13NO2. The molecule has 3 nitrogen and oxygen atoms in total. The van der Waals surface area contributed by atoms with Gasteiger partial charge in [-0.3, -0.25) is 4.79 Å². The first-order valence-corrected chi connectivity index (χ1v) is 4.27. The fourth-order valence-electron chi connectivity index (χ4n) is 1.77. The van der Waals surface area contributed by atoms with E-state index in [1.165, 1.54) is 7.11 Å². The van der Waals surface area contributed by atoms with Crippen LogP contribution >= 0.6 is 0 Å². The summed E-state index contributed by atoms with van der Waals surface area (Å²) in [5.74, 6) is -0.663. The van der Waals surface area contributed by atoms with Crippen LogP contribution in [0.1, 0.15) is 25.7 Å². The summed E-state index contributed by atoms with van der Waals surface area (Å²) in [4.78, 5) is 11.1. The van der Waals surface area contributed by atoms with Gasteiger partial charge >= 0.3 is 5.97 Å². The maximum Gasteiger partial charge on any atom is 0.323 e. The third-order valence-electron chi connectivity index (χ3n) is 2.47. The van der Waals surface area contributed by atoms with Gasteiger partial charge in [-0.15, -0.1) is 0 Å². The molecule has 0 radical (unpaired) electrons. The predicted molar refractivity (Wildman–Crippen MR) is 43.1 cm³/mol. The average Bonchev–Trinajstić information content (AvgIpc) is 2.58. The average molecular weight is 167 g/mol. The SMILES string of the molecule is COC(=O)C(C#N)C1CCCC1. The molecule has 1 atom stereocenters. The van der Waals surface area contributed by atoms with E-state index in [0.29, 0.717) is 0 Å². The molecule has 0 N–H and O–H groups in total. The first-order valence-electron chi connectivity index (χ1n) is 4.27. The molecule has 12 heavy (non-hydrogen) atoms. The molecule has 1 unspecified atom stereocenters. The number of carbonyl (C=O) groups excluding carboxylic acids is 1. The molecular weight excluding hydrogens is 154 g/mol. The third-order valence-corrected chi connectivity index (χ3v) is 2.47. The summed E-state index contributed by atoms with van der Waals surface area (Å²) < 4.78 is 4.55. The molecule has 1 saturated carbocycles. The lowest BCUT2D eigenvalue weighted by Gasteiger charge is -2.12. The highest BCUT2D eigenvalue weighted by Crippen LogP contribution is 2.31. The van der Waals surface area contributed by atoms with E-state index in [2.05, 4.69) is 4.74 Å². The van der Waals surface area contributed by atoms with E-state index in [9.17, 15) is 4.79 Å². The second-order valence-electron chi connectivity index (χ2n) is 3.17. The van der Waals surface area contributed by atoms with Crippen molar-refractivity contribution in [3.05, 3.63) is 0 Å². The first-order chi connectivity index (χ1) is 5.79. The number of hydrogen-bond acceptors (Lipinski definition) is 3. The van der Waals surface area contributed by atoms with Crippen molar-refractivity contribution in [3.63, 3.8) is 0 Å². The van der Waals surface area contributed by atoms with Crippen LogP contribution in [0, 0.1) is 23.2 Å². The molecule has 0 amide bonds. The Labute approximate surface area is 72.3 Å². The number of methoxy groups -OCH3 is 1. The minimum absolute atomic E-state index is 0.238. The van der Waals surface area contributed by atoms with E-state index >= 15 is 0 Å². The molecule has 0 aromatic heterocycles. The van der Waals surface area contributed by atoms with Crippen molar-refractivity contribution in [2.24, 2.45) is 11.8 Å². The molecule has 0 saturated heterocycles. The van der Waals surface area contributed by atoms with Crippen molar-refractivity contribution in [2.75, 3.05) is 7.11 Å². The number of nitriles is 1. The van der Waals surface area contributed by atoms with Crippen LogP contribution in [0.5, 0.6) is 0 Å². The van der Waals surface area contributed by atoms with E-state index in [-0.39, 0.29) is 11.9 Å². The highest BCUT2D eigenvalue weighted by atomic mass is 16.5. The van der Waals surface area contributed by atoms with Gasteiger partial charge in [0, 0.05) is 0 Å². The lowest BCUT2D eigenvalue weighted by Crippen LogP contribution is -2.21. The number of ether oxygens (including phenoxy) is 1. The molecule has 1 aliphatic rings. The Morgan fingerprint density at radius 2 is 2.17 bits per heavy atom. The quantitative estimate of drug-likeness (QED) is 0.585. The normalized spacial score (nSPS) is 20.0. The Hall–Kier alpha value is -1.04. The highest BCUT2D eigenvalue weighted by molar-refractivity contribution is 5.75. The minimum Gasteiger partial charge on any atom is -0.468 e. The van der Waals surface area contributed by atoms with E-state index in [4.69, 9.17) is 5.26 Å². The van der Waals surface area contributed by atoms with E-state index < -0.39 is 5.92 Å². The Bertz CT molecular complexity index is 201. The summed E-state index contributed by atoms with van der Waals surface area (Å²) in [7, 11) is 1.33. The summed E-state index contributed by atoms with van der Waals surface area (Å²) in [6.45, 7) is 0. The van der Waals surface area contributed by atoms with Crippen LogP contribution < -0.4 is 0 Å². The lowest BCUT2D eigenvalue weighted by atomic mass is 9.92. The van der Waals surface area contributed by atoms with Crippen LogP contribution in [0.15, 0.2) is 0 Å². The zero-order valence-electron chi connectivity index (χ0n) is 7.25. The van der Waals surface area contributed by atoms with Crippen molar-refractivity contribution in [1.29, 1.82) is 5.26 Å². The highest BCUT2D eigenvalue weighted by Gasteiger charge is 2.31. The second kappa shape index (κ2) is 4.10. The van der Waals surface area contributed by atoms with E-state index in [1.807, 2.05) is 6.07 Å². The van der Waals surface area contributed by atoms with E-state index in [0.717, 1.165) is 25.7 Å². The van der Waals surface area contributed by atoms with E-state index in [1.54, 1.807) is 0 Å². The molecule has 0 spiro atoms. The van der Waals surface area contributed by atoms with Gasteiger partial charge < -0.3 is 4.74 Å². The van der Waals surface area contributed by atoms with Gasteiger partial charge in [-0.05, 0) is 18.8 Å². The van der Waals surface area contributed by atoms with Crippen LogP contribution in [0.2, 0.25) is 0 Å². The molecule has 0 bridgehead atoms. The van der Waals surface area contributed by atoms with Crippen LogP contribution in [0.4, 0.5) is 0 Å². The number of nitrogens with zero attached hydrogens (tertiary/aromatic N) is 1. The van der Waals surface area contributed by atoms with Gasteiger partial charge in [0.05, 0.1) is 13.2 Å². The molecule has 66 valence electrons. The molecule has 0 aliphatic heterocycles. The first kappa shape index (κ1) is 9.05. The van der Waals surface area contributed by atoms with Crippen molar-refractivity contribution < 1.29 is 9.53 Å². The maximum atomic E-state index is 11.1. The minimum atomic E-state index is -0.530. The number of rotatable bonds is 2. The monoisotopic (exact) mass is 167 g/mol. The van der Waals surface area contributed by atoms with Gasteiger partial charge in [0.25, 0.3) is 0 Å². The molecule has 0 aromatic carbocycles. The van der Waals surface area contributed by atoms with Gasteiger partial charge in [0.1, 0.15) is 5.92 Å². The number of esters is 1. The van der Waals surface area contributed by atoms with Gasteiger partial charge in [-0.2, -0.15) is 5.26 Å². The van der Waals surface area contributed by atoms with Crippen LogP contribution in [-0.4, -0.2) is 13.1 Å². The Kier molecular flexibility index (Phi) is 3.09. The van der Waals surface area contributed by atoms with Gasteiger partial charge in [0.15, 0.2) is 0 Å². The Morgan fingerprint density at radius 3 is 2.58 bits per heavy atom. The Morgan fingerprint density at radius 1 is 1.58 bits per heavy atom. The summed E-state index contributed by atoms with van der Waals surface area (Å²) in [6.07, 6.45) is 4.26. The van der Waals surface area contributed by atoms with Crippen molar-refractivity contribution in [1.82, 2.24) is 0 Å². The predicted octanol–water partition coefficient (Wildman–Crippen LogP) is 1.49. The molecule has 1 rings (SSSR count). The topological polar surface area (TPSA) is 50.1 Å². The largest absolute Gasteiger partial charge is 0.468 e. The number of carbonyl (C=O) groups is 1. The summed E-state index contributed by atoms with van der Waals surface area (Å²) in [5, 5.41) is 8.74. The zero-order valence-corrected chi connectivity index (χ0v) is 7.25. The molecule has 1 fully saturated rings. The maximum absolute atomic E-state index is 11.1. The third kappa shape index (κ3) is 1.76. The van der Waals surface area contributed by atoms with Crippen molar-refractivity contribution >= 4 is 5.97 Å². The fraction of sp³-hybridized carbons (Fsp3) is 0.778. The fourth-order valence-corrected chi connectivity index (χ4v) is 1.77. The van der Waals surface area contributed by atoms with Gasteiger partial charge in [0.2, 0.25) is 0 Å². The summed E-state index contributed by atoms with van der Waals surface area (Å²) in [6, 6.07) is 2.02.